The number of carbonyl (C=O) groups is 2. The van der Waals surface area contributed by atoms with E-state index in [1.54, 1.807) is 26.2 Å². The van der Waals surface area contributed by atoms with Crippen LogP contribution in [0.15, 0.2) is 24.3 Å². The van der Waals surface area contributed by atoms with Crippen LogP contribution in [0.3, 0.4) is 0 Å². The quantitative estimate of drug-likeness (QED) is 0.888. The van der Waals surface area contributed by atoms with Crippen LogP contribution in [-0.2, 0) is 4.79 Å². The van der Waals surface area contributed by atoms with Gasteiger partial charge in [0.15, 0.2) is 0 Å². The van der Waals surface area contributed by atoms with Crippen LogP contribution in [0.5, 0.6) is 0 Å². The molecule has 1 atom stereocenters. The van der Waals surface area contributed by atoms with E-state index in [1.807, 2.05) is 12.1 Å². The molecule has 126 valence electrons. The molecule has 2 amide bonds. The molecule has 1 saturated carbocycles. The van der Waals surface area contributed by atoms with E-state index < -0.39 is 0 Å². The van der Waals surface area contributed by atoms with Gasteiger partial charge in [-0.2, -0.15) is 0 Å². The molecule has 23 heavy (non-hydrogen) atoms. The van der Waals surface area contributed by atoms with E-state index in [0.717, 1.165) is 32.4 Å². The number of carbonyl (C=O) groups excluding carboxylic acids is 2. The number of nitrogens with one attached hydrogen (secondary N) is 2. The Bertz CT molecular complexity index is 597. The molecule has 1 spiro atoms. The van der Waals surface area contributed by atoms with Gasteiger partial charge in [0.25, 0.3) is 5.91 Å². The first-order valence-corrected chi connectivity index (χ1v) is 7.86. The average molecular weight is 338 g/mol. The van der Waals surface area contributed by atoms with Gasteiger partial charge < -0.3 is 15.5 Å². The Balaban J connectivity index is 0.00000192. The zero-order valence-electron chi connectivity index (χ0n) is 13.6. The van der Waals surface area contributed by atoms with Gasteiger partial charge in [-0.05, 0) is 49.9 Å². The third kappa shape index (κ3) is 3.51. The average Bonchev–Trinajstić information content (AvgIpc) is 3.21. The molecule has 2 N–H and O–H groups in total. The minimum atomic E-state index is -0.0942. The van der Waals surface area contributed by atoms with Gasteiger partial charge in [-0.15, -0.1) is 12.4 Å². The summed E-state index contributed by atoms with van der Waals surface area (Å²) in [6, 6.07) is 7.21. The summed E-state index contributed by atoms with van der Waals surface area (Å²) in [6.45, 7) is 2.00. The minimum absolute atomic E-state index is 0. The lowest BCUT2D eigenvalue weighted by Crippen LogP contribution is -2.32. The van der Waals surface area contributed by atoms with Crippen molar-refractivity contribution in [2.24, 2.45) is 11.3 Å². The first kappa shape index (κ1) is 17.8. The fraction of sp³-hybridized carbons (Fsp3) is 0.529. The first-order chi connectivity index (χ1) is 10.5. The molecule has 0 radical (unpaired) electrons. The molecular weight excluding hydrogens is 314 g/mol. The van der Waals surface area contributed by atoms with Crippen LogP contribution in [0, 0.1) is 11.3 Å². The zero-order valence-corrected chi connectivity index (χ0v) is 14.4. The number of halogens is 1. The van der Waals surface area contributed by atoms with Gasteiger partial charge in [-0.1, -0.05) is 12.1 Å². The number of piperidine rings is 1. The predicted molar refractivity (Wildman–Crippen MR) is 93.0 cm³/mol. The number of hydrogen-bond donors (Lipinski definition) is 2. The molecule has 5 nitrogen and oxygen atoms in total. The Labute approximate surface area is 143 Å². The van der Waals surface area contributed by atoms with Crippen molar-refractivity contribution in [3.05, 3.63) is 29.8 Å². The van der Waals surface area contributed by atoms with Crippen molar-refractivity contribution < 1.29 is 9.59 Å². The minimum Gasteiger partial charge on any atom is -0.345 e. The Morgan fingerprint density at radius 2 is 1.87 bits per heavy atom. The Morgan fingerprint density at radius 1 is 1.22 bits per heavy atom. The molecule has 1 unspecified atom stereocenters. The van der Waals surface area contributed by atoms with Crippen molar-refractivity contribution in [2.75, 3.05) is 32.5 Å². The van der Waals surface area contributed by atoms with E-state index in [1.165, 1.54) is 4.90 Å². The van der Waals surface area contributed by atoms with E-state index in [4.69, 9.17) is 0 Å². The molecule has 1 aromatic carbocycles. The van der Waals surface area contributed by atoms with Gasteiger partial charge in [0.2, 0.25) is 5.91 Å². The lowest BCUT2D eigenvalue weighted by atomic mass is 9.91. The lowest BCUT2D eigenvalue weighted by molar-refractivity contribution is -0.118. The fourth-order valence-corrected chi connectivity index (χ4v) is 3.44. The Morgan fingerprint density at radius 3 is 2.52 bits per heavy atom. The number of rotatable bonds is 3. The van der Waals surface area contributed by atoms with Crippen LogP contribution < -0.4 is 10.6 Å². The zero-order chi connectivity index (χ0) is 15.7. The maximum absolute atomic E-state index is 12.5. The number of para-hydroxylation sites is 1. The number of nitrogens with zero attached hydrogens (tertiary/aromatic N) is 1. The summed E-state index contributed by atoms with van der Waals surface area (Å²) < 4.78 is 0. The van der Waals surface area contributed by atoms with Crippen molar-refractivity contribution in [1.82, 2.24) is 10.2 Å². The van der Waals surface area contributed by atoms with E-state index >= 15 is 0 Å². The normalized spacial score (nSPS) is 21.2. The highest BCUT2D eigenvalue weighted by Gasteiger charge is 2.57. The molecular formula is C17H24ClN3O2. The van der Waals surface area contributed by atoms with Gasteiger partial charge in [0.05, 0.1) is 11.3 Å². The molecule has 0 aromatic heterocycles. The van der Waals surface area contributed by atoms with E-state index in [2.05, 4.69) is 10.6 Å². The third-order valence-electron chi connectivity index (χ3n) is 4.93. The summed E-state index contributed by atoms with van der Waals surface area (Å²) >= 11 is 0. The molecule has 1 heterocycles. The van der Waals surface area contributed by atoms with Crippen LogP contribution in [0.25, 0.3) is 0 Å². The van der Waals surface area contributed by atoms with Crippen molar-refractivity contribution in [3.8, 4) is 0 Å². The SMILES string of the molecule is CN(C)C(=O)c1ccccc1NC(=O)C1CC12CCNCC2.Cl. The summed E-state index contributed by atoms with van der Waals surface area (Å²) in [4.78, 5) is 26.3. The van der Waals surface area contributed by atoms with Crippen molar-refractivity contribution in [1.29, 1.82) is 0 Å². The summed E-state index contributed by atoms with van der Waals surface area (Å²) in [5.41, 5.74) is 1.36. The van der Waals surface area contributed by atoms with Gasteiger partial charge in [0, 0.05) is 20.0 Å². The summed E-state index contributed by atoms with van der Waals surface area (Å²) in [6.07, 6.45) is 3.12. The molecule has 1 aromatic rings. The second-order valence-corrected chi connectivity index (χ2v) is 6.60. The number of hydrogen-bond acceptors (Lipinski definition) is 3. The number of benzene rings is 1. The Kier molecular flexibility index (Phi) is 5.32. The smallest absolute Gasteiger partial charge is 0.255 e. The summed E-state index contributed by atoms with van der Waals surface area (Å²) in [7, 11) is 3.43. The maximum Gasteiger partial charge on any atom is 0.255 e. The Hall–Kier alpha value is -1.59. The van der Waals surface area contributed by atoms with E-state index in [-0.39, 0.29) is 35.6 Å². The fourth-order valence-electron chi connectivity index (χ4n) is 3.44. The van der Waals surface area contributed by atoms with Gasteiger partial charge in [-0.25, -0.2) is 0 Å². The first-order valence-electron chi connectivity index (χ1n) is 7.86. The molecule has 2 aliphatic rings. The molecule has 6 heteroatoms. The lowest BCUT2D eigenvalue weighted by Gasteiger charge is -2.23. The van der Waals surface area contributed by atoms with Crippen molar-refractivity contribution >= 4 is 29.9 Å². The van der Waals surface area contributed by atoms with Crippen molar-refractivity contribution in [2.45, 2.75) is 19.3 Å². The molecule has 1 saturated heterocycles. The van der Waals surface area contributed by atoms with Crippen LogP contribution in [0.4, 0.5) is 5.69 Å². The summed E-state index contributed by atoms with van der Waals surface area (Å²) in [5.74, 6) is 0.0568. The summed E-state index contributed by atoms with van der Waals surface area (Å²) in [5, 5.41) is 6.32. The standard InChI is InChI=1S/C17H23N3O2.ClH/c1-20(2)16(22)12-5-3-4-6-14(12)19-15(21)13-11-17(13)7-9-18-10-8-17;/h3-6,13,18H,7-11H2,1-2H3,(H,19,21);1H. The highest BCUT2D eigenvalue weighted by molar-refractivity contribution is 6.04. The van der Waals surface area contributed by atoms with E-state index in [0.29, 0.717) is 11.3 Å². The molecule has 3 rings (SSSR count). The van der Waals surface area contributed by atoms with Crippen LogP contribution >= 0.6 is 12.4 Å². The monoisotopic (exact) mass is 337 g/mol. The highest BCUT2D eigenvalue weighted by atomic mass is 35.5. The van der Waals surface area contributed by atoms with Crippen LogP contribution in [0.1, 0.15) is 29.6 Å². The van der Waals surface area contributed by atoms with Gasteiger partial charge in [-0.3, -0.25) is 9.59 Å². The van der Waals surface area contributed by atoms with Gasteiger partial charge in [0.1, 0.15) is 0 Å². The van der Waals surface area contributed by atoms with Gasteiger partial charge >= 0.3 is 0 Å². The maximum atomic E-state index is 12.5. The largest absolute Gasteiger partial charge is 0.345 e. The second kappa shape index (κ2) is 6.89. The highest BCUT2D eigenvalue weighted by Crippen LogP contribution is 2.58. The second-order valence-electron chi connectivity index (χ2n) is 6.60. The molecule has 1 aliphatic carbocycles. The van der Waals surface area contributed by atoms with Crippen LogP contribution in [-0.4, -0.2) is 43.9 Å². The number of amides is 2. The molecule has 1 aliphatic heterocycles. The number of anilines is 1. The van der Waals surface area contributed by atoms with Crippen LogP contribution in [0.2, 0.25) is 0 Å². The van der Waals surface area contributed by atoms with Crippen molar-refractivity contribution in [3.63, 3.8) is 0 Å². The topological polar surface area (TPSA) is 61.4 Å². The van der Waals surface area contributed by atoms with E-state index in [9.17, 15) is 9.59 Å². The third-order valence-corrected chi connectivity index (χ3v) is 4.93. The molecule has 0 bridgehead atoms. The predicted octanol–water partition coefficient (Wildman–Crippen LogP) is 2.14. The molecule has 2 fully saturated rings.